The molecule has 11 nitrogen and oxygen atoms in total. The number of furan rings is 1. The summed E-state index contributed by atoms with van der Waals surface area (Å²) in [5.74, 6) is -1.30. The van der Waals surface area contributed by atoms with Crippen molar-refractivity contribution in [1.29, 1.82) is 0 Å². The molecule has 0 spiro atoms. The number of carbonyl (C=O) groups is 3. The first-order valence-electron chi connectivity index (χ1n) is 11.8. The number of hydrogen-bond donors (Lipinski definition) is 3. The lowest BCUT2D eigenvalue weighted by Gasteiger charge is -2.23. The third kappa shape index (κ3) is 5.65. The molecule has 3 N–H and O–H groups in total. The van der Waals surface area contributed by atoms with Crippen molar-refractivity contribution in [1.82, 2.24) is 24.9 Å². The zero-order chi connectivity index (χ0) is 25.9. The Bertz CT molecular complexity index is 1320. The maximum absolute atomic E-state index is 13.2. The van der Waals surface area contributed by atoms with Crippen LogP contribution < -0.4 is 10.6 Å². The molecule has 1 aliphatic heterocycles. The number of H-pyrrole nitrogens is 1. The Morgan fingerprint density at radius 1 is 1.28 bits per heavy atom. The van der Waals surface area contributed by atoms with Crippen molar-refractivity contribution in [3.8, 4) is 0 Å². The summed E-state index contributed by atoms with van der Waals surface area (Å²) >= 11 is 0. The SMILES string of the molecule is CC(C)CC(NC(=O)c1cc2ccccc2o1)C(=O)N[C@H]1CCCN(S(=O)(=O)c2ncc[nH]2)CC1=O. The van der Waals surface area contributed by atoms with Gasteiger partial charge in [-0.15, -0.1) is 0 Å². The van der Waals surface area contributed by atoms with Gasteiger partial charge >= 0.3 is 0 Å². The first-order valence-corrected chi connectivity index (χ1v) is 13.2. The molecule has 4 rings (SSSR count). The molecule has 1 unspecified atom stereocenters. The Morgan fingerprint density at radius 2 is 2.06 bits per heavy atom. The van der Waals surface area contributed by atoms with Gasteiger partial charge in [0.25, 0.3) is 15.9 Å². The number of hydrogen-bond acceptors (Lipinski definition) is 7. The molecule has 3 aromatic rings. The highest BCUT2D eigenvalue weighted by Gasteiger charge is 2.35. The van der Waals surface area contributed by atoms with Crippen molar-refractivity contribution in [2.24, 2.45) is 5.92 Å². The molecule has 0 aliphatic carbocycles. The van der Waals surface area contributed by atoms with Crippen LogP contribution in [0.2, 0.25) is 0 Å². The first kappa shape index (κ1) is 25.6. The van der Waals surface area contributed by atoms with E-state index in [9.17, 15) is 22.8 Å². The molecule has 192 valence electrons. The van der Waals surface area contributed by atoms with Gasteiger partial charge in [0, 0.05) is 24.3 Å². The number of carbonyl (C=O) groups excluding carboxylic acids is 3. The Morgan fingerprint density at radius 3 is 2.75 bits per heavy atom. The highest BCUT2D eigenvalue weighted by Crippen LogP contribution is 2.20. The first-order chi connectivity index (χ1) is 17.1. The molecule has 1 aromatic carbocycles. The summed E-state index contributed by atoms with van der Waals surface area (Å²) in [5, 5.41) is 5.98. The van der Waals surface area contributed by atoms with Gasteiger partial charge in [-0.2, -0.15) is 4.31 Å². The largest absolute Gasteiger partial charge is 0.451 e. The maximum atomic E-state index is 13.2. The number of amides is 2. The minimum absolute atomic E-state index is 0.0792. The van der Waals surface area contributed by atoms with Crippen LogP contribution in [0.1, 0.15) is 43.7 Å². The van der Waals surface area contributed by atoms with Crippen LogP contribution >= 0.6 is 0 Å². The highest BCUT2D eigenvalue weighted by molar-refractivity contribution is 7.89. The van der Waals surface area contributed by atoms with Crippen LogP contribution in [0.5, 0.6) is 0 Å². The number of para-hydroxylation sites is 1. The second kappa shape index (κ2) is 10.6. The van der Waals surface area contributed by atoms with E-state index in [0.717, 1.165) is 9.69 Å². The van der Waals surface area contributed by atoms with Crippen molar-refractivity contribution in [2.45, 2.75) is 50.4 Å². The number of Topliss-reactive ketones (excluding diaryl/α,β-unsaturated/α-hetero) is 1. The molecule has 12 heteroatoms. The molecule has 1 fully saturated rings. The zero-order valence-corrected chi connectivity index (χ0v) is 20.9. The number of benzene rings is 1. The number of nitrogens with one attached hydrogen (secondary N) is 3. The van der Waals surface area contributed by atoms with E-state index < -0.39 is 39.7 Å². The van der Waals surface area contributed by atoms with Crippen LogP contribution in [-0.4, -0.2) is 65.5 Å². The van der Waals surface area contributed by atoms with Gasteiger partial charge in [0.05, 0.1) is 12.6 Å². The number of nitrogens with zero attached hydrogens (tertiary/aromatic N) is 2. The Kier molecular flexibility index (Phi) is 7.55. The van der Waals surface area contributed by atoms with E-state index in [1.165, 1.54) is 12.4 Å². The Hall–Kier alpha value is -3.51. The summed E-state index contributed by atoms with van der Waals surface area (Å²) in [4.78, 5) is 45.3. The van der Waals surface area contributed by atoms with Crippen LogP contribution in [0, 0.1) is 5.92 Å². The highest BCUT2D eigenvalue weighted by atomic mass is 32.2. The van der Waals surface area contributed by atoms with Crippen LogP contribution in [0.15, 0.2) is 52.3 Å². The number of aromatic nitrogens is 2. The van der Waals surface area contributed by atoms with Gasteiger partial charge in [-0.05, 0) is 37.3 Å². The average molecular weight is 516 g/mol. The average Bonchev–Trinajstić information content (AvgIpc) is 3.49. The second-order valence-electron chi connectivity index (χ2n) is 9.21. The smallest absolute Gasteiger partial charge is 0.287 e. The fourth-order valence-electron chi connectivity index (χ4n) is 4.17. The summed E-state index contributed by atoms with van der Waals surface area (Å²) < 4.78 is 32.2. The fraction of sp³-hybridized carbons (Fsp3) is 0.417. The van der Waals surface area contributed by atoms with Crippen LogP contribution in [0.25, 0.3) is 11.0 Å². The number of sulfonamides is 1. The van der Waals surface area contributed by atoms with Gasteiger partial charge in [-0.3, -0.25) is 14.4 Å². The van der Waals surface area contributed by atoms with Crippen LogP contribution in [0.3, 0.4) is 0 Å². The molecule has 36 heavy (non-hydrogen) atoms. The van der Waals surface area contributed by atoms with Gasteiger partial charge in [-0.25, -0.2) is 13.4 Å². The molecule has 0 saturated carbocycles. The van der Waals surface area contributed by atoms with E-state index in [1.807, 2.05) is 26.0 Å². The summed E-state index contributed by atoms with van der Waals surface area (Å²) in [5.41, 5.74) is 0.561. The Balaban J connectivity index is 1.44. The lowest BCUT2D eigenvalue weighted by atomic mass is 10.0. The fourth-order valence-corrected chi connectivity index (χ4v) is 5.49. The van der Waals surface area contributed by atoms with Crippen molar-refractivity contribution < 1.29 is 27.2 Å². The lowest BCUT2D eigenvalue weighted by molar-refractivity contribution is -0.129. The third-order valence-corrected chi connectivity index (χ3v) is 7.68. The monoisotopic (exact) mass is 515 g/mol. The Labute approximate surface area is 208 Å². The minimum atomic E-state index is -3.95. The standard InChI is InChI=1S/C24H29N5O6S/c1-15(2)12-18(28-23(32)21-13-16-6-3-4-8-20(16)35-21)22(31)27-17-7-5-11-29(14-19(17)30)36(33,34)24-25-9-10-26-24/h3-4,6,8-10,13,15,17-18H,5,7,11-12,14H2,1-2H3,(H,25,26)(H,27,31)(H,28,32)/t17-,18?/m0/s1. The second-order valence-corrected chi connectivity index (χ2v) is 11.1. The van der Waals surface area contributed by atoms with Gasteiger partial charge in [0.1, 0.15) is 11.6 Å². The molecule has 1 saturated heterocycles. The summed E-state index contributed by atoms with van der Waals surface area (Å²) in [6, 6.07) is 7.04. The summed E-state index contributed by atoms with van der Waals surface area (Å²) in [6.45, 7) is 3.58. The zero-order valence-electron chi connectivity index (χ0n) is 20.1. The molecule has 0 radical (unpaired) electrons. The molecule has 0 bridgehead atoms. The number of aromatic amines is 1. The summed E-state index contributed by atoms with van der Waals surface area (Å²) in [7, 11) is -3.95. The number of imidazole rings is 1. The van der Waals surface area contributed by atoms with E-state index >= 15 is 0 Å². The lowest BCUT2D eigenvalue weighted by Crippen LogP contribution is -2.52. The summed E-state index contributed by atoms with van der Waals surface area (Å²) in [6.07, 6.45) is 3.71. The molecule has 2 amide bonds. The molecular formula is C24H29N5O6S. The molecule has 2 atom stereocenters. The van der Waals surface area contributed by atoms with Crippen LogP contribution in [-0.2, 0) is 19.6 Å². The molecule has 1 aliphatic rings. The van der Waals surface area contributed by atoms with Gasteiger partial charge in [0.2, 0.25) is 11.1 Å². The van der Waals surface area contributed by atoms with Gasteiger partial charge in [0.15, 0.2) is 11.5 Å². The van der Waals surface area contributed by atoms with E-state index in [-0.39, 0.29) is 36.3 Å². The maximum Gasteiger partial charge on any atom is 0.287 e. The van der Waals surface area contributed by atoms with Gasteiger partial charge in [-0.1, -0.05) is 32.0 Å². The predicted octanol–water partition coefficient (Wildman–Crippen LogP) is 1.84. The third-order valence-electron chi connectivity index (χ3n) is 5.97. The van der Waals surface area contributed by atoms with E-state index in [0.29, 0.717) is 18.4 Å². The predicted molar refractivity (Wildman–Crippen MR) is 130 cm³/mol. The van der Waals surface area contributed by atoms with E-state index in [4.69, 9.17) is 4.42 Å². The normalized spacial score (nSPS) is 18.2. The number of fused-ring (bicyclic) bond motifs is 1. The number of ketones is 1. The van der Waals surface area contributed by atoms with Crippen molar-refractivity contribution in [3.05, 3.63) is 48.5 Å². The van der Waals surface area contributed by atoms with Crippen molar-refractivity contribution >= 4 is 38.6 Å². The quantitative estimate of drug-likeness (QED) is 0.413. The van der Waals surface area contributed by atoms with Crippen molar-refractivity contribution in [3.63, 3.8) is 0 Å². The van der Waals surface area contributed by atoms with E-state index in [1.54, 1.807) is 18.2 Å². The van der Waals surface area contributed by atoms with Gasteiger partial charge < -0.3 is 20.0 Å². The van der Waals surface area contributed by atoms with Crippen molar-refractivity contribution in [2.75, 3.05) is 13.1 Å². The molecule has 3 heterocycles. The molecule has 2 aromatic heterocycles. The number of rotatable bonds is 8. The molecular weight excluding hydrogens is 486 g/mol. The van der Waals surface area contributed by atoms with E-state index in [2.05, 4.69) is 20.6 Å². The minimum Gasteiger partial charge on any atom is -0.451 e. The van der Waals surface area contributed by atoms with Crippen LogP contribution in [0.4, 0.5) is 0 Å². The topological polar surface area (TPSA) is 154 Å².